The fourth-order valence-electron chi connectivity index (χ4n) is 4.26. The highest BCUT2D eigenvalue weighted by Gasteiger charge is 2.28. The lowest BCUT2D eigenvalue weighted by molar-refractivity contribution is -0.0507. The maximum Gasteiger partial charge on any atom is 0.387 e. The van der Waals surface area contributed by atoms with E-state index in [0.717, 1.165) is 0 Å². The largest absolute Gasteiger partial charge is 0.434 e. The van der Waals surface area contributed by atoms with E-state index in [2.05, 4.69) is 20.3 Å². The molecule has 1 unspecified atom stereocenters. The first-order valence-corrected chi connectivity index (χ1v) is 10.7. The molecule has 0 saturated heterocycles. The van der Waals surface area contributed by atoms with Crippen molar-refractivity contribution in [2.24, 2.45) is 0 Å². The molecule has 34 heavy (non-hydrogen) atoms. The maximum absolute atomic E-state index is 15.1. The number of hydrogen-bond donors (Lipinski definition) is 2. The van der Waals surface area contributed by atoms with Crippen LogP contribution in [0.2, 0.25) is 0 Å². The van der Waals surface area contributed by atoms with Crippen LogP contribution in [0.5, 0.6) is 5.75 Å². The lowest BCUT2D eigenvalue weighted by Crippen LogP contribution is -2.34. The van der Waals surface area contributed by atoms with E-state index in [4.69, 9.17) is 4.74 Å². The van der Waals surface area contributed by atoms with Gasteiger partial charge >= 0.3 is 6.61 Å². The summed E-state index contributed by atoms with van der Waals surface area (Å²) in [7, 11) is 0. The Bertz CT molecular complexity index is 1350. The monoisotopic (exact) mass is 469 g/mol. The van der Waals surface area contributed by atoms with Gasteiger partial charge in [0.1, 0.15) is 23.0 Å². The summed E-state index contributed by atoms with van der Waals surface area (Å²) in [6.45, 7) is 1.08. The third kappa shape index (κ3) is 3.99. The summed E-state index contributed by atoms with van der Waals surface area (Å²) in [5, 5.41) is 13.3. The topological polar surface area (TPSA) is 85.1 Å². The average Bonchev–Trinajstić information content (AvgIpc) is 3.15. The van der Waals surface area contributed by atoms with Crippen LogP contribution in [0.3, 0.4) is 0 Å². The third-order valence-electron chi connectivity index (χ3n) is 5.79. The van der Waals surface area contributed by atoms with E-state index in [9.17, 15) is 13.9 Å². The Morgan fingerprint density at radius 2 is 1.91 bits per heavy atom. The van der Waals surface area contributed by atoms with Gasteiger partial charge in [-0.3, -0.25) is 0 Å². The number of nitrogens with zero attached hydrogens (tertiary/aromatic N) is 4. The van der Waals surface area contributed by atoms with Gasteiger partial charge in [-0.2, -0.15) is 8.78 Å². The minimum Gasteiger partial charge on any atom is -0.434 e. The predicted octanol–water partition coefficient (Wildman–Crippen LogP) is 4.15. The first-order valence-electron chi connectivity index (χ1n) is 10.7. The first kappa shape index (κ1) is 22.3. The summed E-state index contributed by atoms with van der Waals surface area (Å²) >= 11 is 0. The molecule has 10 heteroatoms. The van der Waals surface area contributed by atoms with Crippen LogP contribution in [0.25, 0.3) is 22.2 Å². The minimum absolute atomic E-state index is 0.0805. The molecular formula is C24H22F3N5O2. The second-order valence-electron chi connectivity index (χ2n) is 8.64. The van der Waals surface area contributed by atoms with Gasteiger partial charge in [0.2, 0.25) is 0 Å². The van der Waals surface area contributed by atoms with Gasteiger partial charge in [-0.15, -0.1) is 0 Å². The van der Waals surface area contributed by atoms with Crippen LogP contribution < -0.4 is 10.1 Å². The molecule has 5 rings (SSSR count). The van der Waals surface area contributed by atoms with E-state index in [1.807, 2.05) is 4.57 Å². The van der Waals surface area contributed by atoms with Gasteiger partial charge in [0.15, 0.2) is 5.82 Å². The van der Waals surface area contributed by atoms with Crippen molar-refractivity contribution >= 4 is 11.0 Å². The fourth-order valence-corrected chi connectivity index (χ4v) is 4.26. The number of rotatable bonds is 5. The Labute approximate surface area is 193 Å². The van der Waals surface area contributed by atoms with E-state index in [-0.39, 0.29) is 17.1 Å². The Morgan fingerprint density at radius 1 is 1.18 bits per heavy atom. The number of imidazole rings is 1. The van der Waals surface area contributed by atoms with Crippen molar-refractivity contribution in [2.45, 2.75) is 38.6 Å². The standard InChI is InChI=1S/C24H22F3N5O2/c1-24(2,33)22-29-9-13(10-30-22)15-7-18-17(8-16(15)25)31-21-12-28-11-19(32(18)21)14-5-3-4-6-20(14)34-23(26)27/h3-10,19,23,28,33H,11-12H2,1-2H3. The highest BCUT2D eigenvalue weighted by atomic mass is 19.3. The number of aromatic nitrogens is 4. The molecule has 2 aromatic carbocycles. The molecule has 0 aliphatic carbocycles. The van der Waals surface area contributed by atoms with Gasteiger partial charge in [-0.25, -0.2) is 19.3 Å². The van der Waals surface area contributed by atoms with Gasteiger partial charge in [0.05, 0.1) is 23.6 Å². The quantitative estimate of drug-likeness (QED) is 0.457. The number of fused-ring (bicyclic) bond motifs is 3. The number of benzene rings is 2. The second-order valence-corrected chi connectivity index (χ2v) is 8.64. The van der Waals surface area contributed by atoms with Crippen molar-refractivity contribution in [1.82, 2.24) is 24.8 Å². The Morgan fingerprint density at radius 3 is 2.62 bits per heavy atom. The van der Waals surface area contributed by atoms with Crippen molar-refractivity contribution in [3.05, 3.63) is 71.8 Å². The van der Waals surface area contributed by atoms with Gasteiger partial charge in [0, 0.05) is 41.7 Å². The van der Waals surface area contributed by atoms with Crippen LogP contribution in [0.15, 0.2) is 48.8 Å². The molecule has 1 aliphatic rings. The number of nitrogens with one attached hydrogen (secondary N) is 1. The third-order valence-corrected chi connectivity index (χ3v) is 5.79. The highest BCUT2D eigenvalue weighted by Crippen LogP contribution is 2.36. The summed E-state index contributed by atoms with van der Waals surface area (Å²) in [6, 6.07) is 9.25. The summed E-state index contributed by atoms with van der Waals surface area (Å²) < 4.78 is 47.8. The number of para-hydroxylation sites is 1. The van der Waals surface area contributed by atoms with Crippen molar-refractivity contribution in [3.8, 4) is 16.9 Å². The van der Waals surface area contributed by atoms with Crippen LogP contribution in [-0.2, 0) is 12.1 Å². The maximum atomic E-state index is 15.1. The van der Waals surface area contributed by atoms with E-state index in [1.54, 1.807) is 38.1 Å². The molecule has 7 nitrogen and oxygen atoms in total. The van der Waals surface area contributed by atoms with E-state index < -0.39 is 24.1 Å². The zero-order valence-electron chi connectivity index (χ0n) is 18.5. The predicted molar refractivity (Wildman–Crippen MR) is 119 cm³/mol. The highest BCUT2D eigenvalue weighted by molar-refractivity contribution is 5.83. The van der Waals surface area contributed by atoms with E-state index in [1.165, 1.54) is 24.5 Å². The Hall–Kier alpha value is -3.50. The number of hydrogen-bond acceptors (Lipinski definition) is 6. The van der Waals surface area contributed by atoms with Crippen LogP contribution in [0.1, 0.15) is 37.1 Å². The molecule has 0 saturated carbocycles. The van der Waals surface area contributed by atoms with Crippen LogP contribution >= 0.6 is 0 Å². The van der Waals surface area contributed by atoms with Gasteiger partial charge in [-0.05, 0) is 26.0 Å². The SMILES string of the molecule is CC(C)(O)c1ncc(-c2cc3c(cc2F)nc2n3C(c3ccccc3OC(F)F)CNC2)cn1. The zero-order valence-corrected chi connectivity index (χ0v) is 18.5. The smallest absolute Gasteiger partial charge is 0.387 e. The lowest BCUT2D eigenvalue weighted by Gasteiger charge is -2.28. The van der Waals surface area contributed by atoms with E-state index >= 15 is 4.39 Å². The lowest BCUT2D eigenvalue weighted by atomic mass is 10.0. The van der Waals surface area contributed by atoms with E-state index in [0.29, 0.717) is 41.1 Å². The zero-order chi connectivity index (χ0) is 24.0. The molecule has 1 aliphatic heterocycles. The summed E-state index contributed by atoms with van der Waals surface area (Å²) in [6.07, 6.45) is 2.92. The molecule has 0 fully saturated rings. The van der Waals surface area contributed by atoms with Crippen LogP contribution in [0.4, 0.5) is 13.2 Å². The molecule has 0 radical (unpaired) electrons. The van der Waals surface area contributed by atoms with Crippen LogP contribution in [-0.4, -0.2) is 37.8 Å². The van der Waals surface area contributed by atoms with Gasteiger partial charge < -0.3 is 19.7 Å². The average molecular weight is 469 g/mol. The molecule has 0 spiro atoms. The Kier molecular flexibility index (Phi) is 5.49. The normalized spacial score (nSPS) is 16.1. The number of halogens is 3. The number of aliphatic hydroxyl groups is 1. The molecule has 1 atom stereocenters. The molecule has 0 amide bonds. The van der Waals surface area contributed by atoms with Crippen molar-refractivity contribution in [2.75, 3.05) is 6.54 Å². The molecule has 2 N–H and O–H groups in total. The van der Waals surface area contributed by atoms with Crippen molar-refractivity contribution in [3.63, 3.8) is 0 Å². The van der Waals surface area contributed by atoms with Gasteiger partial charge in [-0.1, -0.05) is 18.2 Å². The van der Waals surface area contributed by atoms with Crippen molar-refractivity contribution < 1.29 is 23.0 Å². The molecule has 3 heterocycles. The molecule has 2 aromatic heterocycles. The summed E-state index contributed by atoms with van der Waals surface area (Å²) in [5.74, 6) is 0.468. The summed E-state index contributed by atoms with van der Waals surface area (Å²) in [4.78, 5) is 12.9. The van der Waals surface area contributed by atoms with Crippen LogP contribution in [0, 0.1) is 5.82 Å². The van der Waals surface area contributed by atoms with Gasteiger partial charge in [0.25, 0.3) is 0 Å². The molecular weight excluding hydrogens is 447 g/mol. The molecule has 4 aromatic rings. The summed E-state index contributed by atoms with van der Waals surface area (Å²) in [5.41, 5.74) is 1.16. The first-order chi connectivity index (χ1) is 16.2. The fraction of sp³-hybridized carbons (Fsp3) is 0.292. The number of ether oxygens (including phenoxy) is 1. The minimum atomic E-state index is -2.95. The van der Waals surface area contributed by atoms with Crippen molar-refractivity contribution in [1.29, 1.82) is 0 Å². The second kappa shape index (κ2) is 8.37. The Balaban J connectivity index is 1.64. The molecule has 176 valence electrons. The molecule has 0 bridgehead atoms. The number of alkyl halides is 2.